The third kappa shape index (κ3) is 6.03. The number of thiocarbonyl (C=S) groups is 1. The van der Waals surface area contributed by atoms with E-state index in [0.717, 1.165) is 17.3 Å². The fraction of sp³-hybridized carbons (Fsp3) is 0.250. The second-order valence-electron chi connectivity index (χ2n) is 5.91. The fourth-order valence-electron chi connectivity index (χ4n) is 2.45. The van der Waals surface area contributed by atoms with Gasteiger partial charge >= 0.3 is 0 Å². The highest BCUT2D eigenvalue weighted by molar-refractivity contribution is 9.10. The molecular weight excluding hydrogens is 442 g/mol. The van der Waals surface area contributed by atoms with Gasteiger partial charge in [-0.15, -0.1) is 0 Å². The van der Waals surface area contributed by atoms with Gasteiger partial charge in [-0.3, -0.25) is 14.9 Å². The van der Waals surface area contributed by atoms with Gasteiger partial charge in [0.2, 0.25) is 0 Å². The van der Waals surface area contributed by atoms with Crippen LogP contribution in [0.3, 0.4) is 0 Å². The molecular formula is C20H22BrN3O3S. The van der Waals surface area contributed by atoms with E-state index in [9.17, 15) is 9.59 Å². The molecule has 3 N–H and O–H groups in total. The van der Waals surface area contributed by atoms with Crippen LogP contribution in [0.4, 0.5) is 5.69 Å². The second-order valence-corrected chi connectivity index (χ2v) is 7.23. The van der Waals surface area contributed by atoms with E-state index in [-0.39, 0.29) is 11.0 Å². The Hall–Kier alpha value is -2.45. The lowest BCUT2D eigenvalue weighted by Crippen LogP contribution is -2.35. The standard InChI is InChI=1S/C20H22BrN3O3S/c1-3-4-11-22-18(25)14-7-5-6-8-16(14)23-20(28)24-19(26)15-12-13(21)9-10-17(15)27-2/h5-10,12H,3-4,11H2,1-2H3,(H,22,25)(H2,23,24,26,28). The summed E-state index contributed by atoms with van der Waals surface area (Å²) in [5.41, 5.74) is 1.31. The summed E-state index contributed by atoms with van der Waals surface area (Å²) < 4.78 is 5.96. The van der Waals surface area contributed by atoms with Crippen molar-refractivity contribution in [3.8, 4) is 5.75 Å². The minimum atomic E-state index is -0.416. The van der Waals surface area contributed by atoms with Crippen LogP contribution in [-0.4, -0.2) is 30.6 Å². The molecule has 0 aliphatic rings. The first-order valence-corrected chi connectivity index (χ1v) is 9.99. The lowest BCUT2D eigenvalue weighted by atomic mass is 10.1. The quantitative estimate of drug-likeness (QED) is 0.425. The number of para-hydroxylation sites is 1. The van der Waals surface area contributed by atoms with E-state index in [2.05, 4.69) is 38.8 Å². The van der Waals surface area contributed by atoms with Crippen LogP contribution in [0.5, 0.6) is 5.75 Å². The lowest BCUT2D eigenvalue weighted by Gasteiger charge is -2.14. The van der Waals surface area contributed by atoms with Crippen molar-refractivity contribution in [2.75, 3.05) is 19.0 Å². The first-order valence-electron chi connectivity index (χ1n) is 8.79. The largest absolute Gasteiger partial charge is 0.496 e. The fourth-order valence-corrected chi connectivity index (χ4v) is 3.01. The second kappa shape index (κ2) is 10.8. The highest BCUT2D eigenvalue weighted by Crippen LogP contribution is 2.23. The Kier molecular flexibility index (Phi) is 8.41. The molecule has 0 saturated carbocycles. The first-order chi connectivity index (χ1) is 13.5. The molecule has 2 amide bonds. The number of halogens is 1. The molecule has 0 aliphatic carbocycles. The van der Waals surface area contributed by atoms with Gasteiger partial charge in [-0.05, 0) is 49.0 Å². The van der Waals surface area contributed by atoms with Crippen molar-refractivity contribution in [2.45, 2.75) is 19.8 Å². The van der Waals surface area contributed by atoms with E-state index < -0.39 is 5.91 Å². The molecule has 0 fully saturated rings. The molecule has 2 aromatic carbocycles. The number of hydrogen-bond donors (Lipinski definition) is 3. The highest BCUT2D eigenvalue weighted by atomic mass is 79.9. The minimum Gasteiger partial charge on any atom is -0.496 e. The number of anilines is 1. The zero-order valence-electron chi connectivity index (χ0n) is 15.7. The zero-order chi connectivity index (χ0) is 20.5. The summed E-state index contributed by atoms with van der Waals surface area (Å²) in [5.74, 6) is -0.181. The number of carbonyl (C=O) groups excluding carboxylic acids is 2. The predicted molar refractivity (Wildman–Crippen MR) is 118 cm³/mol. The van der Waals surface area contributed by atoms with Gasteiger partial charge in [0.1, 0.15) is 5.75 Å². The third-order valence-electron chi connectivity index (χ3n) is 3.87. The Morgan fingerprint density at radius 3 is 2.57 bits per heavy atom. The van der Waals surface area contributed by atoms with Crippen LogP contribution in [0.25, 0.3) is 0 Å². The molecule has 0 radical (unpaired) electrons. The number of amides is 2. The number of benzene rings is 2. The Morgan fingerprint density at radius 1 is 1.11 bits per heavy atom. The van der Waals surface area contributed by atoms with Crippen molar-refractivity contribution in [1.82, 2.24) is 10.6 Å². The molecule has 0 aliphatic heterocycles. The molecule has 0 bridgehead atoms. The van der Waals surface area contributed by atoms with Crippen LogP contribution in [0.2, 0.25) is 0 Å². The van der Waals surface area contributed by atoms with Gasteiger partial charge in [-0.1, -0.05) is 41.4 Å². The van der Waals surface area contributed by atoms with Crippen LogP contribution in [0.15, 0.2) is 46.9 Å². The lowest BCUT2D eigenvalue weighted by molar-refractivity contribution is 0.0951. The minimum absolute atomic E-state index is 0.0841. The Labute approximate surface area is 178 Å². The van der Waals surface area contributed by atoms with Crippen LogP contribution in [0.1, 0.15) is 40.5 Å². The molecule has 0 saturated heterocycles. The summed E-state index contributed by atoms with van der Waals surface area (Å²) >= 11 is 8.59. The molecule has 8 heteroatoms. The van der Waals surface area contributed by atoms with Crippen LogP contribution >= 0.6 is 28.1 Å². The molecule has 0 spiro atoms. The van der Waals surface area contributed by atoms with Crippen molar-refractivity contribution in [2.24, 2.45) is 0 Å². The molecule has 0 heterocycles. The van der Waals surface area contributed by atoms with E-state index in [1.54, 1.807) is 42.5 Å². The van der Waals surface area contributed by atoms with E-state index in [1.807, 2.05) is 0 Å². The number of ether oxygens (including phenoxy) is 1. The van der Waals surface area contributed by atoms with Gasteiger partial charge in [0.15, 0.2) is 5.11 Å². The Balaban J connectivity index is 2.08. The number of nitrogens with one attached hydrogen (secondary N) is 3. The van der Waals surface area contributed by atoms with E-state index in [1.165, 1.54) is 7.11 Å². The molecule has 0 unspecified atom stereocenters. The molecule has 6 nitrogen and oxygen atoms in total. The monoisotopic (exact) mass is 463 g/mol. The molecule has 2 aromatic rings. The maximum absolute atomic E-state index is 12.6. The molecule has 2 rings (SSSR count). The number of hydrogen-bond acceptors (Lipinski definition) is 4. The van der Waals surface area contributed by atoms with Gasteiger partial charge in [-0.2, -0.15) is 0 Å². The maximum atomic E-state index is 12.6. The van der Waals surface area contributed by atoms with E-state index in [0.29, 0.717) is 29.1 Å². The predicted octanol–water partition coefficient (Wildman–Crippen LogP) is 4.11. The summed E-state index contributed by atoms with van der Waals surface area (Å²) in [6.45, 7) is 2.66. The summed E-state index contributed by atoms with van der Waals surface area (Å²) in [6, 6.07) is 12.1. The number of unbranched alkanes of at least 4 members (excludes halogenated alkanes) is 1. The number of carbonyl (C=O) groups is 2. The summed E-state index contributed by atoms with van der Waals surface area (Å²) in [7, 11) is 1.49. The number of rotatable bonds is 7. The van der Waals surface area contributed by atoms with Crippen molar-refractivity contribution in [3.63, 3.8) is 0 Å². The third-order valence-corrected chi connectivity index (χ3v) is 4.57. The smallest absolute Gasteiger partial charge is 0.261 e. The average molecular weight is 464 g/mol. The molecule has 148 valence electrons. The summed E-state index contributed by atoms with van der Waals surface area (Å²) in [5, 5.41) is 8.49. The van der Waals surface area contributed by atoms with Crippen molar-refractivity contribution < 1.29 is 14.3 Å². The van der Waals surface area contributed by atoms with Crippen molar-refractivity contribution in [1.29, 1.82) is 0 Å². The zero-order valence-corrected chi connectivity index (χ0v) is 18.1. The maximum Gasteiger partial charge on any atom is 0.261 e. The molecule has 28 heavy (non-hydrogen) atoms. The van der Waals surface area contributed by atoms with E-state index in [4.69, 9.17) is 17.0 Å². The van der Waals surface area contributed by atoms with Gasteiger partial charge in [0, 0.05) is 11.0 Å². The molecule has 0 atom stereocenters. The Morgan fingerprint density at radius 2 is 1.86 bits per heavy atom. The average Bonchev–Trinajstić information content (AvgIpc) is 2.68. The number of methoxy groups -OCH3 is 1. The van der Waals surface area contributed by atoms with Gasteiger partial charge < -0.3 is 15.4 Å². The van der Waals surface area contributed by atoms with Crippen molar-refractivity contribution in [3.05, 3.63) is 58.1 Å². The van der Waals surface area contributed by atoms with Gasteiger partial charge in [0.05, 0.1) is 23.9 Å². The van der Waals surface area contributed by atoms with Crippen LogP contribution in [-0.2, 0) is 0 Å². The van der Waals surface area contributed by atoms with Crippen molar-refractivity contribution >= 4 is 50.8 Å². The van der Waals surface area contributed by atoms with Crippen LogP contribution in [0, 0.1) is 0 Å². The SMILES string of the molecule is CCCCNC(=O)c1ccccc1NC(=S)NC(=O)c1cc(Br)ccc1OC. The van der Waals surface area contributed by atoms with E-state index >= 15 is 0 Å². The topological polar surface area (TPSA) is 79.5 Å². The Bertz CT molecular complexity index is 874. The van der Waals surface area contributed by atoms with Gasteiger partial charge in [0.25, 0.3) is 11.8 Å². The first kappa shape index (κ1) is 21.8. The van der Waals surface area contributed by atoms with Gasteiger partial charge in [-0.25, -0.2) is 0 Å². The highest BCUT2D eigenvalue weighted by Gasteiger charge is 2.16. The summed E-state index contributed by atoms with van der Waals surface area (Å²) in [6.07, 6.45) is 1.90. The normalized spacial score (nSPS) is 10.1. The molecule has 0 aromatic heterocycles. The summed E-state index contributed by atoms with van der Waals surface area (Å²) in [4.78, 5) is 24.9. The van der Waals surface area contributed by atoms with Crippen LogP contribution < -0.4 is 20.7 Å².